The van der Waals surface area contributed by atoms with Gasteiger partial charge in [0, 0.05) is 24.1 Å². The van der Waals surface area contributed by atoms with E-state index >= 15 is 0 Å². The van der Waals surface area contributed by atoms with Crippen LogP contribution in [-0.2, 0) is 16.0 Å². The van der Waals surface area contributed by atoms with E-state index in [1.807, 2.05) is 0 Å². The van der Waals surface area contributed by atoms with Crippen LogP contribution in [0.4, 0.5) is 10.1 Å². The molecule has 1 N–H and O–H groups in total. The predicted molar refractivity (Wildman–Crippen MR) is 86.5 cm³/mol. The molecule has 0 aliphatic heterocycles. The molecule has 0 fully saturated rings. The van der Waals surface area contributed by atoms with E-state index in [-0.39, 0.29) is 23.2 Å². The third-order valence-electron chi connectivity index (χ3n) is 3.49. The van der Waals surface area contributed by atoms with Gasteiger partial charge in [0.05, 0.1) is 12.0 Å². The Kier molecular flexibility index (Phi) is 5.78. The fourth-order valence-corrected chi connectivity index (χ4v) is 2.22. The van der Waals surface area contributed by atoms with E-state index < -0.39 is 28.7 Å². The van der Waals surface area contributed by atoms with Crippen LogP contribution in [-0.4, -0.2) is 30.0 Å². The van der Waals surface area contributed by atoms with E-state index in [1.165, 1.54) is 36.4 Å². The molecule has 0 saturated carbocycles. The predicted octanol–water partition coefficient (Wildman–Crippen LogP) is 2.25. The van der Waals surface area contributed by atoms with Crippen molar-refractivity contribution in [1.82, 2.24) is 5.32 Å². The van der Waals surface area contributed by atoms with E-state index in [4.69, 9.17) is 0 Å². The number of hydrogen-bond donors (Lipinski definition) is 1. The van der Waals surface area contributed by atoms with Crippen LogP contribution in [0.2, 0.25) is 0 Å². The number of non-ortho nitro benzene ring substituents is 1. The largest absolute Gasteiger partial charge is 0.467 e. The number of halogens is 1. The quantitative estimate of drug-likeness (QED) is 0.491. The Bertz CT molecular complexity index is 809. The molecule has 0 bridgehead atoms. The van der Waals surface area contributed by atoms with E-state index in [2.05, 4.69) is 10.1 Å². The Morgan fingerprint density at radius 3 is 2.60 bits per heavy atom. The number of carbonyl (C=O) groups is 2. The number of hydrogen-bond acceptors (Lipinski definition) is 5. The summed E-state index contributed by atoms with van der Waals surface area (Å²) in [6.45, 7) is 0. The van der Waals surface area contributed by atoms with Crippen molar-refractivity contribution < 1.29 is 23.6 Å². The zero-order valence-corrected chi connectivity index (χ0v) is 13.3. The first kappa shape index (κ1) is 18.1. The molecule has 2 aromatic rings. The minimum atomic E-state index is -1.13. The Labute approximate surface area is 142 Å². The Balaban J connectivity index is 2.21. The van der Waals surface area contributed by atoms with E-state index in [9.17, 15) is 24.1 Å². The number of nitro groups is 1. The van der Waals surface area contributed by atoms with Crippen molar-refractivity contribution in [3.8, 4) is 0 Å². The highest BCUT2D eigenvalue weighted by molar-refractivity contribution is 5.97. The number of nitrogens with one attached hydrogen (secondary N) is 1. The van der Waals surface area contributed by atoms with Gasteiger partial charge in [-0.3, -0.25) is 14.9 Å². The van der Waals surface area contributed by atoms with Crippen LogP contribution in [0.25, 0.3) is 0 Å². The normalized spacial score (nSPS) is 11.4. The number of ether oxygens (including phenoxy) is 1. The van der Waals surface area contributed by atoms with Gasteiger partial charge in [0.1, 0.15) is 11.9 Å². The Hall–Kier alpha value is -3.29. The van der Waals surface area contributed by atoms with Gasteiger partial charge in [-0.2, -0.15) is 0 Å². The number of amides is 1. The fourth-order valence-electron chi connectivity index (χ4n) is 2.22. The summed E-state index contributed by atoms with van der Waals surface area (Å²) in [5, 5.41) is 13.2. The summed E-state index contributed by atoms with van der Waals surface area (Å²) in [5.74, 6) is -1.96. The van der Waals surface area contributed by atoms with Gasteiger partial charge in [-0.25, -0.2) is 9.18 Å². The lowest BCUT2D eigenvalue weighted by atomic mass is 10.0. The molecule has 1 amide bonds. The zero-order valence-electron chi connectivity index (χ0n) is 13.3. The van der Waals surface area contributed by atoms with Gasteiger partial charge in [-0.15, -0.1) is 0 Å². The number of rotatable bonds is 6. The van der Waals surface area contributed by atoms with Crippen LogP contribution in [0.1, 0.15) is 15.9 Å². The van der Waals surface area contributed by atoms with Gasteiger partial charge in [0.25, 0.3) is 11.6 Å². The molecule has 0 aliphatic carbocycles. The molecule has 7 nitrogen and oxygen atoms in total. The summed E-state index contributed by atoms with van der Waals surface area (Å²) in [5.41, 5.74) is -0.00903. The third-order valence-corrected chi connectivity index (χ3v) is 3.49. The summed E-state index contributed by atoms with van der Waals surface area (Å²) < 4.78 is 18.4. The number of benzene rings is 2. The lowest BCUT2D eigenvalue weighted by Crippen LogP contribution is -2.43. The van der Waals surface area contributed by atoms with Gasteiger partial charge in [-0.05, 0) is 17.7 Å². The maximum absolute atomic E-state index is 13.8. The van der Waals surface area contributed by atoms with E-state index in [0.29, 0.717) is 0 Å². The monoisotopic (exact) mass is 346 g/mol. The summed E-state index contributed by atoms with van der Waals surface area (Å²) in [6, 6.07) is 9.78. The molecule has 8 heteroatoms. The SMILES string of the molecule is COC(=O)[C@H](Cc1ccccc1F)NC(=O)c1cccc([N+](=O)[O-])c1. The molecule has 0 saturated heterocycles. The standard InChI is InChI=1S/C17H15FN2O5/c1-25-17(22)15(10-11-5-2-3-8-14(11)18)19-16(21)12-6-4-7-13(9-12)20(23)24/h2-9,15H,10H2,1H3,(H,19,21)/t15-/m0/s1. The second kappa shape index (κ2) is 8.00. The van der Waals surface area contributed by atoms with Crippen molar-refractivity contribution >= 4 is 17.6 Å². The first-order chi connectivity index (χ1) is 11.9. The highest BCUT2D eigenvalue weighted by Gasteiger charge is 2.24. The summed E-state index contributed by atoms with van der Waals surface area (Å²) >= 11 is 0. The van der Waals surface area contributed by atoms with E-state index in [0.717, 1.165) is 13.2 Å². The minimum absolute atomic E-state index is 0.0108. The fraction of sp³-hybridized carbons (Fsp3) is 0.176. The first-order valence-electron chi connectivity index (χ1n) is 7.29. The van der Waals surface area contributed by atoms with Crippen molar-refractivity contribution in [2.45, 2.75) is 12.5 Å². The highest BCUT2D eigenvalue weighted by Crippen LogP contribution is 2.14. The molecule has 0 unspecified atom stereocenters. The molecule has 0 radical (unpaired) electrons. The van der Waals surface area contributed by atoms with Gasteiger partial charge < -0.3 is 10.1 Å². The second-order valence-corrected chi connectivity index (χ2v) is 5.15. The van der Waals surface area contributed by atoms with Gasteiger partial charge >= 0.3 is 5.97 Å². The number of nitro benzene ring substituents is 1. The van der Waals surface area contributed by atoms with Crippen molar-refractivity contribution in [1.29, 1.82) is 0 Å². The Morgan fingerprint density at radius 2 is 1.96 bits per heavy atom. The van der Waals surface area contributed by atoms with Crippen molar-refractivity contribution in [2.75, 3.05) is 7.11 Å². The molecule has 0 spiro atoms. The first-order valence-corrected chi connectivity index (χ1v) is 7.29. The number of methoxy groups -OCH3 is 1. The number of nitrogens with zero attached hydrogens (tertiary/aromatic N) is 1. The molecular weight excluding hydrogens is 331 g/mol. The molecule has 2 aromatic carbocycles. The number of esters is 1. The van der Waals surface area contributed by atoms with E-state index in [1.54, 1.807) is 6.07 Å². The lowest BCUT2D eigenvalue weighted by molar-refractivity contribution is -0.384. The molecule has 130 valence electrons. The Morgan fingerprint density at radius 1 is 1.24 bits per heavy atom. The van der Waals surface area contributed by atoms with Crippen molar-refractivity contribution in [3.63, 3.8) is 0 Å². The summed E-state index contributed by atoms with van der Waals surface area (Å²) in [6.07, 6.45) is -0.111. The van der Waals surface area contributed by atoms with Gasteiger partial charge in [-0.1, -0.05) is 24.3 Å². The molecule has 1 atom stereocenters. The second-order valence-electron chi connectivity index (χ2n) is 5.15. The van der Waals surface area contributed by atoms with Crippen LogP contribution in [0.3, 0.4) is 0 Å². The van der Waals surface area contributed by atoms with Crippen LogP contribution in [0, 0.1) is 15.9 Å². The zero-order chi connectivity index (χ0) is 18.4. The minimum Gasteiger partial charge on any atom is -0.467 e. The highest BCUT2D eigenvalue weighted by atomic mass is 19.1. The number of carbonyl (C=O) groups excluding carboxylic acids is 2. The molecular formula is C17H15FN2O5. The van der Waals surface area contributed by atoms with Crippen molar-refractivity contribution in [2.24, 2.45) is 0 Å². The maximum Gasteiger partial charge on any atom is 0.328 e. The summed E-state index contributed by atoms with van der Waals surface area (Å²) in [4.78, 5) is 34.4. The average Bonchev–Trinajstić information content (AvgIpc) is 2.62. The molecule has 0 aromatic heterocycles. The van der Waals surface area contributed by atoms with Crippen molar-refractivity contribution in [3.05, 3.63) is 75.6 Å². The lowest BCUT2D eigenvalue weighted by Gasteiger charge is -2.17. The van der Waals surface area contributed by atoms with Crippen LogP contribution >= 0.6 is 0 Å². The maximum atomic E-state index is 13.8. The molecule has 0 heterocycles. The van der Waals surface area contributed by atoms with Gasteiger partial charge in [0.15, 0.2) is 0 Å². The van der Waals surface area contributed by atoms with Gasteiger partial charge in [0.2, 0.25) is 0 Å². The average molecular weight is 346 g/mol. The van der Waals surface area contributed by atoms with Crippen LogP contribution in [0.5, 0.6) is 0 Å². The smallest absolute Gasteiger partial charge is 0.328 e. The third kappa shape index (κ3) is 4.60. The van der Waals surface area contributed by atoms with Crippen LogP contribution < -0.4 is 5.32 Å². The van der Waals surface area contributed by atoms with Crippen LogP contribution in [0.15, 0.2) is 48.5 Å². The molecule has 0 aliphatic rings. The molecule has 25 heavy (non-hydrogen) atoms. The summed E-state index contributed by atoms with van der Waals surface area (Å²) in [7, 11) is 1.15. The topological polar surface area (TPSA) is 98.5 Å². The molecule has 2 rings (SSSR count).